The number of esters is 2. The Morgan fingerprint density at radius 3 is 2.13 bits per heavy atom. The van der Waals surface area contributed by atoms with Gasteiger partial charge in [0.25, 0.3) is 11.8 Å². The molecule has 0 fully saturated rings. The summed E-state index contributed by atoms with van der Waals surface area (Å²) in [4.78, 5) is 52.0. The summed E-state index contributed by atoms with van der Waals surface area (Å²) in [6, 6.07) is 20.6. The fourth-order valence-corrected chi connectivity index (χ4v) is 4.79. The zero-order valence-corrected chi connectivity index (χ0v) is 26.2. The molecule has 47 heavy (non-hydrogen) atoms. The Hall–Kier alpha value is -5.45. The van der Waals surface area contributed by atoms with Gasteiger partial charge in [-0.15, -0.1) is 0 Å². The molecule has 0 unspecified atom stereocenters. The Kier molecular flexibility index (Phi) is 10.8. The topological polar surface area (TPSA) is 102 Å². The Morgan fingerprint density at radius 1 is 0.830 bits per heavy atom. The summed E-state index contributed by atoms with van der Waals surface area (Å²) in [5, 5.41) is 2.80. The lowest BCUT2D eigenvalue weighted by molar-refractivity contribution is -0.137. The first-order chi connectivity index (χ1) is 22.3. The zero-order valence-electron chi connectivity index (χ0n) is 26.2. The van der Waals surface area contributed by atoms with Gasteiger partial charge in [0.2, 0.25) is 0 Å². The normalized spacial score (nSPS) is 11.0. The SMILES string of the molecule is COC(=O)c1ccc(OC(=O)CCCc2ccc(NC(=O)c3ccc(C)cc3-c3ccc(C(F)(F)F)cc3)c(C(=O)N(C)C)c2)cc1. The second-order valence-electron chi connectivity index (χ2n) is 11.0. The van der Waals surface area contributed by atoms with E-state index in [1.165, 1.54) is 48.4 Å². The number of carbonyl (C=O) groups is 4. The molecule has 244 valence electrons. The van der Waals surface area contributed by atoms with Gasteiger partial charge in [-0.2, -0.15) is 13.2 Å². The van der Waals surface area contributed by atoms with Crippen LogP contribution in [0, 0.1) is 6.92 Å². The third kappa shape index (κ3) is 8.84. The molecule has 0 aromatic heterocycles. The first-order valence-corrected chi connectivity index (χ1v) is 14.6. The molecule has 1 N–H and O–H groups in total. The van der Waals surface area contributed by atoms with Gasteiger partial charge < -0.3 is 19.7 Å². The van der Waals surface area contributed by atoms with Gasteiger partial charge in [0, 0.05) is 26.1 Å². The second-order valence-corrected chi connectivity index (χ2v) is 11.0. The predicted molar refractivity (Wildman–Crippen MR) is 170 cm³/mol. The molecule has 2 amide bonds. The maximum atomic E-state index is 13.5. The smallest absolute Gasteiger partial charge is 0.416 e. The molecule has 0 aliphatic carbocycles. The minimum Gasteiger partial charge on any atom is -0.465 e. The first-order valence-electron chi connectivity index (χ1n) is 14.6. The number of hydrogen-bond donors (Lipinski definition) is 1. The van der Waals surface area contributed by atoms with Crippen LogP contribution in [0.4, 0.5) is 18.9 Å². The van der Waals surface area contributed by atoms with Crippen LogP contribution in [0.3, 0.4) is 0 Å². The molecular formula is C36H33F3N2O6. The average molecular weight is 647 g/mol. The van der Waals surface area contributed by atoms with E-state index < -0.39 is 29.6 Å². The highest BCUT2D eigenvalue weighted by atomic mass is 19.4. The molecule has 8 nitrogen and oxygen atoms in total. The molecular weight excluding hydrogens is 613 g/mol. The number of amides is 2. The van der Waals surface area contributed by atoms with Crippen LogP contribution >= 0.6 is 0 Å². The number of hydrogen-bond acceptors (Lipinski definition) is 6. The molecule has 0 saturated carbocycles. The lowest BCUT2D eigenvalue weighted by Crippen LogP contribution is -2.24. The van der Waals surface area contributed by atoms with Gasteiger partial charge in [0.05, 0.1) is 29.5 Å². The molecule has 4 aromatic rings. The molecule has 4 rings (SSSR count). The number of nitrogens with one attached hydrogen (secondary N) is 1. The van der Waals surface area contributed by atoms with E-state index >= 15 is 0 Å². The van der Waals surface area contributed by atoms with Crippen LogP contribution in [-0.4, -0.2) is 49.9 Å². The van der Waals surface area contributed by atoms with Crippen molar-refractivity contribution in [1.82, 2.24) is 4.90 Å². The van der Waals surface area contributed by atoms with E-state index in [0.717, 1.165) is 23.3 Å². The quantitative estimate of drug-likeness (QED) is 0.143. The van der Waals surface area contributed by atoms with E-state index in [4.69, 9.17) is 4.74 Å². The molecule has 0 aliphatic rings. The summed E-state index contributed by atoms with van der Waals surface area (Å²) in [5.74, 6) is -1.58. The Morgan fingerprint density at radius 2 is 1.51 bits per heavy atom. The van der Waals surface area contributed by atoms with E-state index in [1.807, 2.05) is 6.92 Å². The van der Waals surface area contributed by atoms with Crippen molar-refractivity contribution in [2.75, 3.05) is 26.5 Å². The maximum absolute atomic E-state index is 13.5. The molecule has 4 aromatic carbocycles. The van der Waals surface area contributed by atoms with E-state index in [0.29, 0.717) is 29.5 Å². The van der Waals surface area contributed by atoms with E-state index in [2.05, 4.69) is 10.1 Å². The highest BCUT2D eigenvalue weighted by Crippen LogP contribution is 2.33. The molecule has 0 radical (unpaired) electrons. The number of carbonyl (C=O) groups excluding carboxylic acids is 4. The summed E-state index contributed by atoms with van der Waals surface area (Å²) in [6.07, 6.45) is -3.54. The van der Waals surface area contributed by atoms with Crippen molar-refractivity contribution in [3.63, 3.8) is 0 Å². The van der Waals surface area contributed by atoms with E-state index in [9.17, 15) is 32.3 Å². The monoisotopic (exact) mass is 646 g/mol. The number of aryl methyl sites for hydroxylation is 2. The van der Waals surface area contributed by atoms with Crippen LogP contribution in [0.1, 0.15) is 60.6 Å². The van der Waals surface area contributed by atoms with Gasteiger partial charge in [0.1, 0.15) is 5.75 Å². The number of methoxy groups -OCH3 is 1. The summed E-state index contributed by atoms with van der Waals surface area (Å²) in [7, 11) is 4.43. The molecule has 0 aliphatic heterocycles. The number of halogens is 3. The van der Waals surface area contributed by atoms with Crippen LogP contribution in [0.15, 0.2) is 84.9 Å². The van der Waals surface area contributed by atoms with Crippen molar-refractivity contribution in [2.24, 2.45) is 0 Å². The zero-order chi connectivity index (χ0) is 34.3. The molecule has 11 heteroatoms. The van der Waals surface area contributed by atoms with Crippen LogP contribution in [0.25, 0.3) is 11.1 Å². The summed E-state index contributed by atoms with van der Waals surface area (Å²) in [6.45, 7) is 1.81. The summed E-state index contributed by atoms with van der Waals surface area (Å²) in [5.41, 5.74) is 2.69. The number of anilines is 1. The highest BCUT2D eigenvalue weighted by molar-refractivity contribution is 6.12. The predicted octanol–water partition coefficient (Wildman–Crippen LogP) is 7.35. The molecule has 0 spiro atoms. The average Bonchev–Trinajstić information content (AvgIpc) is 3.04. The molecule has 0 heterocycles. The van der Waals surface area contributed by atoms with Crippen LogP contribution in [0.2, 0.25) is 0 Å². The number of ether oxygens (including phenoxy) is 2. The first kappa shape index (κ1) is 34.4. The Bertz CT molecular complexity index is 1780. The standard InChI is InChI=1S/C36H33F3N2O6/c1-22-8-18-28(29(20-22)24-10-14-26(15-11-24)36(37,38)39)33(43)40-31-19-9-23(21-30(31)34(44)41(2)3)6-5-7-32(42)47-27-16-12-25(13-17-27)35(45)46-4/h8-21H,5-7H2,1-4H3,(H,40,43). The number of benzene rings is 4. The molecule has 0 bridgehead atoms. The minimum atomic E-state index is -4.49. The van der Waals surface area contributed by atoms with Crippen molar-refractivity contribution in [3.05, 3.63) is 118 Å². The van der Waals surface area contributed by atoms with Crippen LogP contribution in [-0.2, 0) is 22.1 Å². The van der Waals surface area contributed by atoms with Gasteiger partial charge >= 0.3 is 18.1 Å². The fraction of sp³-hybridized carbons (Fsp3) is 0.222. The van der Waals surface area contributed by atoms with Crippen molar-refractivity contribution in [2.45, 2.75) is 32.4 Å². The lowest BCUT2D eigenvalue weighted by Gasteiger charge is -2.17. The minimum absolute atomic E-state index is 0.0916. The fourth-order valence-electron chi connectivity index (χ4n) is 4.79. The van der Waals surface area contributed by atoms with Gasteiger partial charge in [-0.05, 0) is 91.1 Å². The maximum Gasteiger partial charge on any atom is 0.416 e. The third-order valence-corrected chi connectivity index (χ3v) is 7.27. The summed E-state index contributed by atoms with van der Waals surface area (Å²) < 4.78 is 49.4. The van der Waals surface area contributed by atoms with Gasteiger partial charge in [-0.25, -0.2) is 4.79 Å². The second kappa shape index (κ2) is 14.8. The van der Waals surface area contributed by atoms with E-state index in [-0.39, 0.29) is 34.9 Å². The van der Waals surface area contributed by atoms with Crippen LogP contribution < -0.4 is 10.1 Å². The molecule has 0 saturated heterocycles. The third-order valence-electron chi connectivity index (χ3n) is 7.27. The Balaban J connectivity index is 1.48. The van der Waals surface area contributed by atoms with Gasteiger partial charge in [-0.1, -0.05) is 35.9 Å². The molecule has 0 atom stereocenters. The van der Waals surface area contributed by atoms with E-state index in [1.54, 1.807) is 50.5 Å². The van der Waals surface area contributed by atoms with Crippen molar-refractivity contribution in [1.29, 1.82) is 0 Å². The summed E-state index contributed by atoms with van der Waals surface area (Å²) >= 11 is 0. The highest BCUT2D eigenvalue weighted by Gasteiger charge is 2.30. The van der Waals surface area contributed by atoms with Gasteiger partial charge in [-0.3, -0.25) is 14.4 Å². The number of rotatable bonds is 10. The Labute approximate surface area is 270 Å². The van der Waals surface area contributed by atoms with Crippen molar-refractivity contribution < 1.29 is 41.8 Å². The largest absolute Gasteiger partial charge is 0.465 e. The lowest BCUT2D eigenvalue weighted by atomic mass is 9.96. The van der Waals surface area contributed by atoms with Gasteiger partial charge in [0.15, 0.2) is 0 Å². The van der Waals surface area contributed by atoms with Crippen molar-refractivity contribution >= 4 is 29.4 Å². The van der Waals surface area contributed by atoms with Crippen molar-refractivity contribution in [3.8, 4) is 16.9 Å². The van der Waals surface area contributed by atoms with Crippen LogP contribution in [0.5, 0.6) is 5.75 Å². The number of alkyl halides is 3. The number of nitrogens with zero attached hydrogens (tertiary/aromatic N) is 1.